The van der Waals surface area contributed by atoms with E-state index in [0.29, 0.717) is 25.9 Å². The average Bonchev–Trinajstić information content (AvgIpc) is 2.77. The Labute approximate surface area is 172 Å². The highest BCUT2D eigenvalue weighted by atomic mass is 16.5. The second-order valence-electron chi connectivity index (χ2n) is 7.41. The van der Waals surface area contributed by atoms with Crippen molar-refractivity contribution in [1.82, 2.24) is 14.8 Å². The monoisotopic (exact) mass is 395 g/mol. The first kappa shape index (κ1) is 20.8. The zero-order chi connectivity index (χ0) is 20.8. The van der Waals surface area contributed by atoms with Gasteiger partial charge in [-0.1, -0.05) is 12.1 Å². The third-order valence-corrected chi connectivity index (χ3v) is 5.68. The van der Waals surface area contributed by atoms with E-state index in [9.17, 15) is 9.59 Å². The fraction of sp³-hybridized carbons (Fsp3) is 0.435. The Morgan fingerprint density at radius 1 is 1.21 bits per heavy atom. The summed E-state index contributed by atoms with van der Waals surface area (Å²) in [5, 5.41) is 0. The van der Waals surface area contributed by atoms with Gasteiger partial charge < -0.3 is 14.5 Å². The van der Waals surface area contributed by atoms with Gasteiger partial charge in [0.15, 0.2) is 0 Å². The number of ether oxygens (including phenoxy) is 1. The second-order valence-corrected chi connectivity index (χ2v) is 7.41. The second kappa shape index (κ2) is 9.54. The van der Waals surface area contributed by atoms with Crippen LogP contribution in [0.4, 0.5) is 0 Å². The maximum atomic E-state index is 13.3. The number of likely N-dealkylation sites (tertiary alicyclic amines) is 1. The molecule has 2 atom stereocenters. The summed E-state index contributed by atoms with van der Waals surface area (Å²) in [7, 11) is 3.48. The summed E-state index contributed by atoms with van der Waals surface area (Å²) in [4.78, 5) is 33.6. The number of likely N-dealkylation sites (N-methyl/N-ethyl adjacent to an activating group) is 1. The van der Waals surface area contributed by atoms with E-state index in [-0.39, 0.29) is 23.8 Å². The van der Waals surface area contributed by atoms with Gasteiger partial charge in [0.2, 0.25) is 11.8 Å². The molecule has 0 N–H and O–H groups in total. The summed E-state index contributed by atoms with van der Waals surface area (Å²) in [5.41, 5.74) is 2.13. The highest BCUT2D eigenvalue weighted by Gasteiger charge is 2.40. The third-order valence-electron chi connectivity index (χ3n) is 5.68. The standard InChI is InChI=1S/C23H29N3O3/c1-4-26-21(27)10-9-20(22(26)18-5-7-19(29-3)8-6-18)23(28)25(2)16-13-17-11-14-24-15-12-17/h5-8,11-12,14-15,20,22H,4,9-10,13,16H2,1-3H3/t20-,22+/m1/s1. The molecule has 6 nitrogen and oxygen atoms in total. The largest absolute Gasteiger partial charge is 0.497 e. The lowest BCUT2D eigenvalue weighted by Gasteiger charge is -2.41. The first-order valence-electron chi connectivity index (χ1n) is 10.1. The van der Waals surface area contributed by atoms with Crippen LogP contribution in [0.5, 0.6) is 5.75 Å². The number of aromatic nitrogens is 1. The molecule has 1 aromatic heterocycles. The van der Waals surface area contributed by atoms with E-state index in [1.165, 1.54) is 0 Å². The van der Waals surface area contributed by atoms with Crippen LogP contribution in [-0.4, -0.2) is 53.8 Å². The normalized spacial score (nSPS) is 19.1. The van der Waals surface area contributed by atoms with Crippen LogP contribution in [0.25, 0.3) is 0 Å². The zero-order valence-electron chi connectivity index (χ0n) is 17.4. The number of carbonyl (C=O) groups excluding carboxylic acids is 2. The number of benzene rings is 1. The quantitative estimate of drug-likeness (QED) is 0.723. The van der Waals surface area contributed by atoms with Crippen LogP contribution < -0.4 is 4.74 Å². The lowest BCUT2D eigenvalue weighted by atomic mass is 9.83. The van der Waals surface area contributed by atoms with Gasteiger partial charge in [0.05, 0.1) is 19.1 Å². The number of rotatable bonds is 7. The molecule has 0 bridgehead atoms. The molecule has 0 aliphatic carbocycles. The van der Waals surface area contributed by atoms with Crippen molar-refractivity contribution in [2.24, 2.45) is 5.92 Å². The zero-order valence-corrected chi connectivity index (χ0v) is 17.4. The highest BCUT2D eigenvalue weighted by molar-refractivity contribution is 5.85. The van der Waals surface area contributed by atoms with Gasteiger partial charge in [-0.05, 0) is 55.2 Å². The molecule has 1 saturated heterocycles. The molecule has 2 aromatic rings. The van der Waals surface area contributed by atoms with Gasteiger partial charge in [-0.2, -0.15) is 0 Å². The van der Waals surface area contributed by atoms with Gasteiger partial charge in [-0.3, -0.25) is 14.6 Å². The van der Waals surface area contributed by atoms with Crippen molar-refractivity contribution in [1.29, 1.82) is 0 Å². The molecular formula is C23H29N3O3. The van der Waals surface area contributed by atoms with Crippen molar-refractivity contribution in [3.8, 4) is 5.75 Å². The van der Waals surface area contributed by atoms with Crippen molar-refractivity contribution in [2.45, 2.75) is 32.2 Å². The van der Waals surface area contributed by atoms with Crippen molar-refractivity contribution in [2.75, 3.05) is 27.2 Å². The molecule has 1 aliphatic rings. The Kier molecular flexibility index (Phi) is 6.86. The molecule has 154 valence electrons. The number of piperidine rings is 1. The number of amides is 2. The molecule has 3 rings (SSSR count). The maximum Gasteiger partial charge on any atom is 0.227 e. The predicted octanol–water partition coefficient (Wildman–Crippen LogP) is 3.09. The summed E-state index contributed by atoms with van der Waals surface area (Å²) >= 11 is 0. The first-order chi connectivity index (χ1) is 14.0. The molecule has 2 heterocycles. The predicted molar refractivity (Wildman–Crippen MR) is 111 cm³/mol. The fourth-order valence-corrected chi connectivity index (χ4v) is 4.04. The molecule has 0 saturated carbocycles. The van der Waals surface area contributed by atoms with E-state index < -0.39 is 0 Å². The minimum atomic E-state index is -0.247. The van der Waals surface area contributed by atoms with Gasteiger partial charge in [0, 0.05) is 39.0 Å². The van der Waals surface area contributed by atoms with E-state index in [0.717, 1.165) is 23.3 Å². The van der Waals surface area contributed by atoms with E-state index >= 15 is 0 Å². The first-order valence-corrected chi connectivity index (χ1v) is 10.1. The number of hydrogen-bond donors (Lipinski definition) is 0. The van der Waals surface area contributed by atoms with Crippen molar-refractivity contribution < 1.29 is 14.3 Å². The maximum absolute atomic E-state index is 13.3. The summed E-state index contributed by atoms with van der Waals surface area (Å²) in [5.74, 6) is 0.711. The summed E-state index contributed by atoms with van der Waals surface area (Å²) < 4.78 is 5.26. The van der Waals surface area contributed by atoms with Crippen LogP contribution in [0.15, 0.2) is 48.8 Å². The van der Waals surface area contributed by atoms with Crippen LogP contribution >= 0.6 is 0 Å². The summed E-state index contributed by atoms with van der Waals surface area (Å²) in [6.45, 7) is 3.18. The van der Waals surface area contributed by atoms with E-state index in [2.05, 4.69) is 4.98 Å². The lowest BCUT2D eigenvalue weighted by Crippen LogP contribution is -2.48. The van der Waals surface area contributed by atoms with Gasteiger partial charge >= 0.3 is 0 Å². The van der Waals surface area contributed by atoms with Crippen LogP contribution in [0.1, 0.15) is 36.9 Å². The Hall–Kier alpha value is -2.89. The Bertz CT molecular complexity index is 823. The molecular weight excluding hydrogens is 366 g/mol. The minimum Gasteiger partial charge on any atom is -0.497 e. The number of methoxy groups -OCH3 is 1. The Morgan fingerprint density at radius 3 is 2.52 bits per heavy atom. The van der Waals surface area contributed by atoms with Crippen LogP contribution in [-0.2, 0) is 16.0 Å². The number of hydrogen-bond acceptors (Lipinski definition) is 4. The van der Waals surface area contributed by atoms with E-state index in [4.69, 9.17) is 4.74 Å². The topological polar surface area (TPSA) is 62.7 Å². The smallest absolute Gasteiger partial charge is 0.227 e. The summed E-state index contributed by atoms with van der Waals surface area (Å²) in [6, 6.07) is 11.4. The number of nitrogens with zero attached hydrogens (tertiary/aromatic N) is 3. The molecule has 0 unspecified atom stereocenters. The molecule has 0 spiro atoms. The molecule has 1 aliphatic heterocycles. The SMILES string of the molecule is CCN1C(=O)CC[C@@H](C(=O)N(C)CCc2ccncc2)[C@@H]1c1ccc(OC)cc1. The molecule has 6 heteroatoms. The van der Waals surface area contributed by atoms with E-state index in [1.54, 1.807) is 24.4 Å². The minimum absolute atomic E-state index is 0.0887. The van der Waals surface area contributed by atoms with Gasteiger partial charge in [-0.25, -0.2) is 0 Å². The average molecular weight is 396 g/mol. The highest BCUT2D eigenvalue weighted by Crippen LogP contribution is 2.38. The third kappa shape index (κ3) is 4.75. The molecule has 2 amide bonds. The van der Waals surface area contributed by atoms with Gasteiger partial charge in [-0.15, -0.1) is 0 Å². The Morgan fingerprint density at radius 2 is 1.90 bits per heavy atom. The van der Waals surface area contributed by atoms with Gasteiger partial charge in [0.1, 0.15) is 5.75 Å². The van der Waals surface area contributed by atoms with Crippen LogP contribution in [0, 0.1) is 5.92 Å². The fourth-order valence-electron chi connectivity index (χ4n) is 4.04. The van der Waals surface area contributed by atoms with Crippen molar-refractivity contribution >= 4 is 11.8 Å². The lowest BCUT2D eigenvalue weighted by molar-refractivity contribution is -0.147. The molecule has 29 heavy (non-hydrogen) atoms. The van der Waals surface area contributed by atoms with Crippen molar-refractivity contribution in [3.63, 3.8) is 0 Å². The number of carbonyl (C=O) groups is 2. The van der Waals surface area contributed by atoms with E-state index in [1.807, 2.05) is 55.3 Å². The molecule has 1 aromatic carbocycles. The Balaban J connectivity index is 1.79. The van der Waals surface area contributed by atoms with Crippen LogP contribution in [0.2, 0.25) is 0 Å². The van der Waals surface area contributed by atoms with Crippen molar-refractivity contribution in [3.05, 3.63) is 59.9 Å². The number of pyridine rings is 1. The molecule has 1 fully saturated rings. The van der Waals surface area contributed by atoms with Gasteiger partial charge in [0.25, 0.3) is 0 Å². The summed E-state index contributed by atoms with van der Waals surface area (Å²) in [6.07, 6.45) is 5.30. The van der Waals surface area contributed by atoms with Crippen LogP contribution in [0.3, 0.4) is 0 Å². The molecule has 0 radical (unpaired) electrons.